The number of unbranched alkanes of at least 4 members (excludes halogenated alkanes) is 3. The predicted molar refractivity (Wildman–Crippen MR) is 76.6 cm³/mol. The van der Waals surface area contributed by atoms with Crippen molar-refractivity contribution in [3.8, 4) is 0 Å². The van der Waals surface area contributed by atoms with Crippen LogP contribution in [0.25, 0.3) is 0 Å². The number of anilines is 1. The second kappa shape index (κ2) is 7.69. The summed E-state index contributed by atoms with van der Waals surface area (Å²) >= 11 is 5.75. The van der Waals surface area contributed by atoms with Crippen LogP contribution in [0.15, 0.2) is 23.1 Å². The van der Waals surface area contributed by atoms with Crippen LogP contribution in [-0.4, -0.2) is 26.7 Å². The van der Waals surface area contributed by atoms with Crippen LogP contribution in [0, 0.1) is 0 Å². The molecule has 0 aromatic heterocycles. The van der Waals surface area contributed by atoms with Crippen LogP contribution in [0.1, 0.15) is 25.7 Å². The topological polar surface area (TPSA) is 92.4 Å². The fraction of sp³-hybridized carbons (Fsp3) is 0.500. The number of nitrogens with two attached hydrogens (primary N) is 1. The van der Waals surface area contributed by atoms with Crippen molar-refractivity contribution in [2.45, 2.75) is 30.6 Å². The molecule has 1 rings (SSSR count). The molecule has 0 unspecified atom stereocenters. The number of nitrogen functional groups attached to an aromatic ring is 1. The molecule has 0 saturated heterocycles. The minimum atomic E-state index is -3.53. The number of nitrogens with one attached hydrogen (secondary N) is 1. The summed E-state index contributed by atoms with van der Waals surface area (Å²) in [6.07, 6.45) is 3.26. The van der Waals surface area contributed by atoms with Crippen LogP contribution < -0.4 is 10.5 Å². The van der Waals surface area contributed by atoms with Gasteiger partial charge >= 0.3 is 0 Å². The SMILES string of the molecule is Nc1cc(S(=O)(=O)NCCCCCCO)ccc1Cl. The van der Waals surface area contributed by atoms with E-state index in [0.29, 0.717) is 11.6 Å². The van der Waals surface area contributed by atoms with Crippen molar-refractivity contribution in [2.24, 2.45) is 0 Å². The van der Waals surface area contributed by atoms with Crippen LogP contribution in [0.2, 0.25) is 5.02 Å². The average Bonchev–Trinajstić information content (AvgIpc) is 2.36. The lowest BCUT2D eigenvalue weighted by atomic mass is 10.2. The highest BCUT2D eigenvalue weighted by Crippen LogP contribution is 2.22. The van der Waals surface area contributed by atoms with Crippen LogP contribution in [-0.2, 0) is 10.0 Å². The first-order valence-corrected chi connectivity index (χ1v) is 7.99. The zero-order valence-electron chi connectivity index (χ0n) is 10.6. The van der Waals surface area contributed by atoms with E-state index in [1.54, 1.807) is 0 Å². The summed E-state index contributed by atoms with van der Waals surface area (Å²) < 4.78 is 26.4. The fourth-order valence-corrected chi connectivity index (χ4v) is 2.80. The van der Waals surface area contributed by atoms with Gasteiger partial charge in [-0.3, -0.25) is 0 Å². The van der Waals surface area contributed by atoms with Gasteiger partial charge in [0, 0.05) is 13.2 Å². The molecule has 0 aliphatic heterocycles. The summed E-state index contributed by atoms with van der Waals surface area (Å²) in [7, 11) is -3.53. The summed E-state index contributed by atoms with van der Waals surface area (Å²) in [5.74, 6) is 0. The Labute approximate surface area is 118 Å². The Morgan fingerprint density at radius 2 is 1.89 bits per heavy atom. The number of sulfonamides is 1. The number of hydrogen-bond acceptors (Lipinski definition) is 4. The Hall–Kier alpha value is -0.820. The number of halogens is 1. The highest BCUT2D eigenvalue weighted by atomic mass is 35.5. The molecule has 0 fully saturated rings. The zero-order chi connectivity index (χ0) is 14.3. The van der Waals surface area contributed by atoms with Crippen LogP contribution in [0.3, 0.4) is 0 Å². The van der Waals surface area contributed by atoms with Gasteiger partial charge < -0.3 is 10.8 Å². The van der Waals surface area contributed by atoms with E-state index in [1.165, 1.54) is 18.2 Å². The summed E-state index contributed by atoms with van der Waals surface area (Å²) in [6, 6.07) is 4.23. The van der Waals surface area contributed by atoms with Crippen molar-refractivity contribution in [1.29, 1.82) is 0 Å². The van der Waals surface area contributed by atoms with Gasteiger partial charge in [0.25, 0.3) is 0 Å². The molecule has 1 aromatic carbocycles. The van der Waals surface area contributed by atoms with Gasteiger partial charge in [0.2, 0.25) is 10.0 Å². The Morgan fingerprint density at radius 3 is 2.53 bits per heavy atom. The quantitative estimate of drug-likeness (QED) is 0.504. The van der Waals surface area contributed by atoms with E-state index in [0.717, 1.165) is 25.7 Å². The molecule has 1 aromatic rings. The zero-order valence-corrected chi connectivity index (χ0v) is 12.2. The molecule has 0 aliphatic carbocycles. The molecule has 0 amide bonds. The molecule has 19 heavy (non-hydrogen) atoms. The Balaban J connectivity index is 2.49. The maximum absolute atomic E-state index is 11.9. The highest BCUT2D eigenvalue weighted by molar-refractivity contribution is 7.89. The second-order valence-electron chi connectivity index (χ2n) is 4.22. The standard InChI is InChI=1S/C12H19ClN2O3S/c13-11-6-5-10(9-12(11)14)19(17,18)15-7-3-1-2-4-8-16/h5-6,9,15-16H,1-4,7-8,14H2. The largest absolute Gasteiger partial charge is 0.397 e. The first-order chi connectivity index (χ1) is 8.97. The van der Waals surface area contributed by atoms with Crippen LogP contribution in [0.4, 0.5) is 5.69 Å². The van der Waals surface area contributed by atoms with E-state index >= 15 is 0 Å². The Bertz CT molecular complexity index is 506. The minimum absolute atomic E-state index is 0.116. The third-order valence-electron chi connectivity index (χ3n) is 2.65. The number of rotatable bonds is 8. The Morgan fingerprint density at radius 1 is 1.21 bits per heavy atom. The van der Waals surface area contributed by atoms with Crippen LogP contribution in [0.5, 0.6) is 0 Å². The van der Waals surface area contributed by atoms with Crippen molar-refractivity contribution in [3.05, 3.63) is 23.2 Å². The van der Waals surface area contributed by atoms with Gasteiger partial charge in [-0.25, -0.2) is 13.1 Å². The van der Waals surface area contributed by atoms with E-state index < -0.39 is 10.0 Å². The lowest BCUT2D eigenvalue weighted by Gasteiger charge is -2.08. The fourth-order valence-electron chi connectivity index (χ4n) is 1.57. The maximum atomic E-state index is 11.9. The molecule has 0 radical (unpaired) electrons. The molecule has 4 N–H and O–H groups in total. The third kappa shape index (κ3) is 5.36. The average molecular weight is 307 g/mol. The summed E-state index contributed by atoms with van der Waals surface area (Å²) in [5.41, 5.74) is 5.82. The van der Waals surface area contributed by atoms with E-state index in [9.17, 15) is 8.42 Å². The first-order valence-electron chi connectivity index (χ1n) is 6.13. The monoisotopic (exact) mass is 306 g/mol. The van der Waals surface area contributed by atoms with Gasteiger partial charge in [0.15, 0.2) is 0 Å². The van der Waals surface area contributed by atoms with Gasteiger partial charge in [-0.2, -0.15) is 0 Å². The summed E-state index contributed by atoms with van der Waals surface area (Å²) in [5, 5.41) is 8.95. The molecular weight excluding hydrogens is 288 g/mol. The van der Waals surface area contributed by atoms with Gasteiger partial charge in [-0.1, -0.05) is 24.4 Å². The number of aliphatic hydroxyl groups excluding tert-OH is 1. The third-order valence-corrected chi connectivity index (χ3v) is 4.46. The summed E-state index contributed by atoms with van der Waals surface area (Å²) in [4.78, 5) is 0.116. The smallest absolute Gasteiger partial charge is 0.240 e. The van der Waals surface area contributed by atoms with Gasteiger partial charge in [-0.05, 0) is 31.0 Å². The molecule has 5 nitrogen and oxygen atoms in total. The van der Waals surface area contributed by atoms with E-state index in [-0.39, 0.29) is 17.2 Å². The van der Waals surface area contributed by atoms with E-state index in [1.807, 2.05) is 0 Å². The predicted octanol–water partition coefficient (Wildman–Crippen LogP) is 1.75. The van der Waals surface area contributed by atoms with Crippen molar-refractivity contribution in [3.63, 3.8) is 0 Å². The van der Waals surface area contributed by atoms with Crippen molar-refractivity contribution in [1.82, 2.24) is 4.72 Å². The number of hydrogen-bond donors (Lipinski definition) is 3. The Kier molecular flexibility index (Phi) is 6.57. The molecule has 108 valence electrons. The van der Waals surface area contributed by atoms with Gasteiger partial charge in [0.1, 0.15) is 0 Å². The molecular formula is C12H19ClN2O3S. The molecule has 0 atom stereocenters. The van der Waals surface area contributed by atoms with E-state index in [4.69, 9.17) is 22.4 Å². The van der Waals surface area contributed by atoms with Crippen molar-refractivity contribution < 1.29 is 13.5 Å². The molecule has 0 bridgehead atoms. The normalized spacial score (nSPS) is 11.7. The second-order valence-corrected chi connectivity index (χ2v) is 6.39. The van der Waals surface area contributed by atoms with E-state index in [2.05, 4.69) is 4.72 Å². The van der Waals surface area contributed by atoms with Crippen LogP contribution >= 0.6 is 11.6 Å². The van der Waals surface area contributed by atoms with Gasteiger partial charge in [0.05, 0.1) is 15.6 Å². The lowest BCUT2D eigenvalue weighted by molar-refractivity contribution is 0.282. The number of benzene rings is 1. The maximum Gasteiger partial charge on any atom is 0.240 e. The minimum Gasteiger partial charge on any atom is -0.397 e. The lowest BCUT2D eigenvalue weighted by Crippen LogP contribution is -2.24. The summed E-state index contributed by atoms with van der Waals surface area (Å²) in [6.45, 7) is 0.548. The van der Waals surface area contributed by atoms with Crippen molar-refractivity contribution in [2.75, 3.05) is 18.9 Å². The highest BCUT2D eigenvalue weighted by Gasteiger charge is 2.14. The number of aliphatic hydroxyl groups is 1. The molecule has 0 saturated carbocycles. The first kappa shape index (κ1) is 16.2. The molecule has 0 spiro atoms. The van der Waals surface area contributed by atoms with Crippen molar-refractivity contribution >= 4 is 27.3 Å². The molecule has 7 heteroatoms. The van der Waals surface area contributed by atoms with Gasteiger partial charge in [-0.15, -0.1) is 0 Å². The molecule has 0 heterocycles. The molecule has 0 aliphatic rings.